The number of nitrogens with two attached hydrogens (primary N) is 1. The van der Waals surface area contributed by atoms with Crippen LogP contribution in [0.2, 0.25) is 0 Å². The number of phenolic OH excluding ortho intramolecular Hbond substituents is 1. The zero-order valence-electron chi connectivity index (χ0n) is 11.0. The minimum absolute atomic E-state index is 0.155. The van der Waals surface area contributed by atoms with Crippen molar-refractivity contribution in [2.45, 2.75) is 12.5 Å². The topological polar surface area (TPSA) is 75.3 Å². The maximum atomic E-state index is 13.4. The van der Waals surface area contributed by atoms with Gasteiger partial charge in [-0.3, -0.25) is 4.79 Å². The average Bonchev–Trinajstić information content (AvgIpc) is 2.45. The Kier molecular flexibility index (Phi) is 4.93. The Bertz CT molecular complexity index is 647. The van der Waals surface area contributed by atoms with Crippen LogP contribution >= 0.6 is 15.9 Å². The summed E-state index contributed by atoms with van der Waals surface area (Å²) in [4.78, 5) is 12.0. The van der Waals surface area contributed by atoms with E-state index in [0.717, 1.165) is 5.56 Å². The number of amides is 1. The molecule has 0 aromatic heterocycles. The summed E-state index contributed by atoms with van der Waals surface area (Å²) in [7, 11) is 0. The van der Waals surface area contributed by atoms with Crippen LogP contribution < -0.4 is 11.1 Å². The predicted molar refractivity (Wildman–Crippen MR) is 82.5 cm³/mol. The molecule has 4 N–H and O–H groups in total. The van der Waals surface area contributed by atoms with Gasteiger partial charge in [-0.15, -0.1) is 0 Å². The molecule has 0 fully saturated rings. The Morgan fingerprint density at radius 3 is 2.57 bits per heavy atom. The highest BCUT2D eigenvalue weighted by molar-refractivity contribution is 9.10. The highest BCUT2D eigenvalue weighted by Gasteiger charge is 2.15. The molecular weight excluding hydrogens is 339 g/mol. The summed E-state index contributed by atoms with van der Waals surface area (Å²) in [6.45, 7) is 0. The third-order valence-electron chi connectivity index (χ3n) is 2.92. The Labute approximate surface area is 129 Å². The lowest BCUT2D eigenvalue weighted by Gasteiger charge is -2.12. The molecule has 0 saturated carbocycles. The second kappa shape index (κ2) is 6.69. The number of anilines is 1. The van der Waals surface area contributed by atoms with E-state index in [-0.39, 0.29) is 5.75 Å². The summed E-state index contributed by atoms with van der Waals surface area (Å²) in [6.07, 6.45) is 0.325. The second-order valence-corrected chi connectivity index (χ2v) is 5.45. The molecule has 0 unspecified atom stereocenters. The van der Waals surface area contributed by atoms with E-state index in [1.807, 2.05) is 0 Å². The lowest BCUT2D eigenvalue weighted by atomic mass is 10.1. The van der Waals surface area contributed by atoms with Crippen LogP contribution in [-0.4, -0.2) is 17.1 Å². The standard InChI is InChI=1S/C15H14BrFN2O2/c16-12-6-3-10(8-13(12)17)19-15(21)14(18)7-9-1-4-11(20)5-2-9/h1-6,8,14,20H,7,18H2,(H,19,21)/t14-/m1/s1. The first-order chi connectivity index (χ1) is 9.95. The fraction of sp³-hybridized carbons (Fsp3) is 0.133. The number of aromatic hydroxyl groups is 1. The van der Waals surface area contributed by atoms with Gasteiger partial charge in [-0.2, -0.15) is 0 Å². The van der Waals surface area contributed by atoms with Crippen molar-refractivity contribution in [1.82, 2.24) is 0 Å². The summed E-state index contributed by atoms with van der Waals surface area (Å²) in [5.74, 6) is -0.702. The molecule has 1 atom stereocenters. The smallest absolute Gasteiger partial charge is 0.241 e. The molecule has 0 radical (unpaired) electrons. The highest BCUT2D eigenvalue weighted by Crippen LogP contribution is 2.19. The molecule has 0 aliphatic rings. The molecule has 0 heterocycles. The Morgan fingerprint density at radius 2 is 1.95 bits per heavy atom. The maximum Gasteiger partial charge on any atom is 0.241 e. The summed E-state index contributed by atoms with van der Waals surface area (Å²) < 4.78 is 13.7. The molecule has 0 bridgehead atoms. The minimum Gasteiger partial charge on any atom is -0.508 e. The molecular formula is C15H14BrFN2O2. The largest absolute Gasteiger partial charge is 0.508 e. The molecule has 2 aromatic rings. The zero-order chi connectivity index (χ0) is 15.4. The molecule has 0 spiro atoms. The molecule has 0 saturated heterocycles. The van der Waals surface area contributed by atoms with Gasteiger partial charge < -0.3 is 16.2 Å². The SMILES string of the molecule is N[C@H](Cc1ccc(O)cc1)C(=O)Nc1ccc(Br)c(F)c1. The fourth-order valence-electron chi connectivity index (χ4n) is 1.79. The van der Waals surface area contributed by atoms with Gasteiger partial charge in [-0.05, 0) is 58.2 Å². The first-order valence-corrected chi connectivity index (χ1v) is 7.04. The summed E-state index contributed by atoms with van der Waals surface area (Å²) in [5, 5.41) is 11.8. The number of carbonyl (C=O) groups excluding carboxylic acids is 1. The van der Waals surface area contributed by atoms with Gasteiger partial charge in [0.25, 0.3) is 0 Å². The van der Waals surface area contributed by atoms with Crippen LogP contribution in [0.1, 0.15) is 5.56 Å². The van der Waals surface area contributed by atoms with E-state index >= 15 is 0 Å². The number of carbonyl (C=O) groups is 1. The van der Waals surface area contributed by atoms with Crippen LogP contribution in [0.5, 0.6) is 5.75 Å². The molecule has 0 aliphatic heterocycles. The number of benzene rings is 2. The van der Waals surface area contributed by atoms with Crippen LogP contribution in [0, 0.1) is 5.82 Å². The molecule has 6 heteroatoms. The van der Waals surface area contributed by atoms with Gasteiger partial charge in [0.05, 0.1) is 10.5 Å². The number of hydrogen-bond donors (Lipinski definition) is 3. The van der Waals surface area contributed by atoms with E-state index in [4.69, 9.17) is 5.73 Å². The second-order valence-electron chi connectivity index (χ2n) is 4.60. The van der Waals surface area contributed by atoms with E-state index in [1.165, 1.54) is 24.3 Å². The van der Waals surface area contributed by atoms with Gasteiger partial charge in [-0.1, -0.05) is 12.1 Å². The molecule has 21 heavy (non-hydrogen) atoms. The van der Waals surface area contributed by atoms with Gasteiger partial charge in [0.1, 0.15) is 11.6 Å². The van der Waals surface area contributed by atoms with Crippen molar-refractivity contribution >= 4 is 27.5 Å². The normalized spacial score (nSPS) is 12.0. The van der Waals surface area contributed by atoms with Crippen LogP contribution in [0.15, 0.2) is 46.9 Å². The van der Waals surface area contributed by atoms with Gasteiger partial charge >= 0.3 is 0 Å². The molecule has 0 aliphatic carbocycles. The predicted octanol–water partition coefficient (Wildman–Crippen LogP) is 2.80. The minimum atomic E-state index is -0.763. The van der Waals surface area contributed by atoms with E-state index in [9.17, 15) is 14.3 Å². The Hall–Kier alpha value is -1.92. The lowest BCUT2D eigenvalue weighted by Crippen LogP contribution is -2.37. The third kappa shape index (κ3) is 4.27. The fourth-order valence-corrected chi connectivity index (χ4v) is 2.03. The molecule has 2 aromatic carbocycles. The molecule has 2 rings (SSSR count). The summed E-state index contributed by atoms with van der Waals surface area (Å²) in [6, 6.07) is 10.0. The van der Waals surface area contributed by atoms with Crippen molar-refractivity contribution in [3.05, 3.63) is 58.3 Å². The molecule has 4 nitrogen and oxygen atoms in total. The van der Waals surface area contributed by atoms with Crippen LogP contribution in [0.4, 0.5) is 10.1 Å². The number of hydrogen-bond acceptors (Lipinski definition) is 3. The maximum absolute atomic E-state index is 13.4. The van der Waals surface area contributed by atoms with Gasteiger partial charge in [0.2, 0.25) is 5.91 Å². The van der Waals surface area contributed by atoms with Gasteiger partial charge in [0.15, 0.2) is 0 Å². The number of phenols is 1. The van der Waals surface area contributed by atoms with Crippen molar-refractivity contribution in [3.63, 3.8) is 0 Å². The summed E-state index contributed by atoms with van der Waals surface area (Å²) >= 11 is 3.04. The van der Waals surface area contributed by atoms with Crippen molar-refractivity contribution in [2.24, 2.45) is 5.73 Å². The highest BCUT2D eigenvalue weighted by atomic mass is 79.9. The first kappa shape index (κ1) is 15.5. The van der Waals surface area contributed by atoms with Crippen molar-refractivity contribution < 1.29 is 14.3 Å². The molecule has 110 valence electrons. The van der Waals surface area contributed by atoms with Crippen LogP contribution in [0.3, 0.4) is 0 Å². The van der Waals surface area contributed by atoms with Crippen LogP contribution in [0.25, 0.3) is 0 Å². The van der Waals surface area contributed by atoms with Crippen LogP contribution in [-0.2, 0) is 11.2 Å². The zero-order valence-corrected chi connectivity index (χ0v) is 12.6. The molecule has 1 amide bonds. The summed E-state index contributed by atoms with van der Waals surface area (Å²) in [5.41, 5.74) is 7.01. The third-order valence-corrected chi connectivity index (χ3v) is 3.56. The van der Waals surface area contributed by atoms with Gasteiger partial charge in [0, 0.05) is 5.69 Å². The van der Waals surface area contributed by atoms with E-state index in [0.29, 0.717) is 16.6 Å². The lowest BCUT2D eigenvalue weighted by molar-refractivity contribution is -0.117. The monoisotopic (exact) mass is 352 g/mol. The van der Waals surface area contributed by atoms with Crippen molar-refractivity contribution in [3.8, 4) is 5.75 Å². The number of rotatable bonds is 4. The Morgan fingerprint density at radius 1 is 1.29 bits per heavy atom. The Balaban J connectivity index is 1.98. The number of nitrogens with one attached hydrogen (secondary N) is 1. The van der Waals surface area contributed by atoms with E-state index in [1.54, 1.807) is 18.2 Å². The number of halogens is 2. The van der Waals surface area contributed by atoms with E-state index in [2.05, 4.69) is 21.2 Å². The van der Waals surface area contributed by atoms with E-state index < -0.39 is 17.8 Å². The first-order valence-electron chi connectivity index (χ1n) is 6.25. The van der Waals surface area contributed by atoms with Gasteiger partial charge in [-0.25, -0.2) is 4.39 Å². The van der Waals surface area contributed by atoms with Crippen molar-refractivity contribution in [2.75, 3.05) is 5.32 Å². The quantitative estimate of drug-likeness (QED) is 0.791. The average molecular weight is 353 g/mol. The van der Waals surface area contributed by atoms with Crippen molar-refractivity contribution in [1.29, 1.82) is 0 Å².